The Bertz CT molecular complexity index is 1050. The zero-order chi connectivity index (χ0) is 23.2. The van der Waals surface area contributed by atoms with Gasteiger partial charge in [0.1, 0.15) is 17.5 Å². The fourth-order valence-corrected chi connectivity index (χ4v) is 4.82. The van der Waals surface area contributed by atoms with Crippen molar-refractivity contribution in [1.29, 1.82) is 0 Å². The van der Waals surface area contributed by atoms with Crippen molar-refractivity contribution < 1.29 is 14.3 Å². The number of anilines is 1. The molecular formula is C26H29N3O3S. The van der Waals surface area contributed by atoms with Crippen LogP contribution >= 0.6 is 11.3 Å². The Balaban J connectivity index is 1.66. The Labute approximate surface area is 198 Å². The third-order valence-corrected chi connectivity index (χ3v) is 6.57. The van der Waals surface area contributed by atoms with Crippen molar-refractivity contribution >= 4 is 28.8 Å². The van der Waals surface area contributed by atoms with Crippen LogP contribution in [0.4, 0.5) is 5.69 Å². The summed E-state index contributed by atoms with van der Waals surface area (Å²) in [5.41, 5.74) is 0.678. The van der Waals surface area contributed by atoms with E-state index in [2.05, 4.69) is 12.2 Å². The SMILES string of the molecule is CCC(=O)N(c1ccc(Oc2ccccc2)cc1)C(C(=O)N1CCN[C@H](C)C1)c1cccs1. The monoisotopic (exact) mass is 463 g/mol. The van der Waals surface area contributed by atoms with Crippen LogP contribution in [0, 0.1) is 0 Å². The second-order valence-electron chi connectivity index (χ2n) is 8.08. The highest BCUT2D eigenvalue weighted by Gasteiger charge is 2.36. The van der Waals surface area contributed by atoms with Gasteiger partial charge >= 0.3 is 0 Å². The Morgan fingerprint density at radius 1 is 1.09 bits per heavy atom. The molecule has 0 spiro atoms. The number of piperazine rings is 1. The lowest BCUT2D eigenvalue weighted by molar-refractivity contribution is -0.135. The molecule has 4 rings (SSSR count). The number of para-hydroxylation sites is 1. The topological polar surface area (TPSA) is 61.9 Å². The number of thiophene rings is 1. The Hall–Kier alpha value is -3.16. The van der Waals surface area contributed by atoms with Crippen LogP contribution in [-0.4, -0.2) is 42.4 Å². The molecule has 3 aromatic rings. The van der Waals surface area contributed by atoms with Gasteiger partial charge < -0.3 is 15.0 Å². The maximum atomic E-state index is 13.8. The van der Waals surface area contributed by atoms with Gasteiger partial charge in [-0.3, -0.25) is 14.5 Å². The number of carbonyl (C=O) groups is 2. The largest absolute Gasteiger partial charge is 0.457 e. The van der Waals surface area contributed by atoms with Gasteiger partial charge in [-0.05, 0) is 54.8 Å². The molecule has 1 unspecified atom stereocenters. The summed E-state index contributed by atoms with van der Waals surface area (Å²) in [6.07, 6.45) is 0.301. The predicted octanol–water partition coefficient (Wildman–Crippen LogP) is 4.85. The molecule has 1 fully saturated rings. The number of hydrogen-bond acceptors (Lipinski definition) is 5. The molecule has 0 bridgehead atoms. The van der Waals surface area contributed by atoms with Crippen LogP contribution in [0.1, 0.15) is 31.2 Å². The van der Waals surface area contributed by atoms with Gasteiger partial charge in [0, 0.05) is 42.7 Å². The molecule has 2 amide bonds. The van der Waals surface area contributed by atoms with Crippen molar-refractivity contribution in [1.82, 2.24) is 10.2 Å². The van der Waals surface area contributed by atoms with E-state index in [-0.39, 0.29) is 17.9 Å². The lowest BCUT2D eigenvalue weighted by Gasteiger charge is -2.38. The van der Waals surface area contributed by atoms with E-state index in [4.69, 9.17) is 4.74 Å². The van der Waals surface area contributed by atoms with Crippen LogP contribution in [0.5, 0.6) is 11.5 Å². The third-order valence-electron chi connectivity index (χ3n) is 5.65. The average molecular weight is 464 g/mol. The summed E-state index contributed by atoms with van der Waals surface area (Å²) in [4.78, 5) is 31.3. The van der Waals surface area contributed by atoms with Crippen molar-refractivity contribution in [3.05, 3.63) is 77.0 Å². The quantitative estimate of drug-likeness (QED) is 0.544. The molecule has 6 nitrogen and oxygen atoms in total. The lowest BCUT2D eigenvalue weighted by atomic mass is 10.1. The van der Waals surface area contributed by atoms with Crippen molar-refractivity contribution in [2.45, 2.75) is 32.4 Å². The van der Waals surface area contributed by atoms with E-state index >= 15 is 0 Å². The van der Waals surface area contributed by atoms with Crippen LogP contribution in [-0.2, 0) is 9.59 Å². The summed E-state index contributed by atoms with van der Waals surface area (Å²) in [6, 6.07) is 20.3. The number of nitrogens with zero attached hydrogens (tertiary/aromatic N) is 2. The summed E-state index contributed by atoms with van der Waals surface area (Å²) < 4.78 is 5.90. The van der Waals surface area contributed by atoms with E-state index in [0.717, 1.165) is 17.2 Å². The van der Waals surface area contributed by atoms with Crippen LogP contribution in [0.25, 0.3) is 0 Å². The molecule has 172 valence electrons. The fraction of sp³-hybridized carbons (Fsp3) is 0.308. The van der Waals surface area contributed by atoms with Crippen LogP contribution in [0.15, 0.2) is 72.1 Å². The van der Waals surface area contributed by atoms with Gasteiger partial charge in [-0.15, -0.1) is 11.3 Å². The highest BCUT2D eigenvalue weighted by molar-refractivity contribution is 7.10. The van der Waals surface area contributed by atoms with E-state index in [1.54, 1.807) is 4.90 Å². The van der Waals surface area contributed by atoms with Crippen molar-refractivity contribution in [2.24, 2.45) is 0 Å². The van der Waals surface area contributed by atoms with E-state index in [9.17, 15) is 9.59 Å². The highest BCUT2D eigenvalue weighted by Crippen LogP contribution is 2.34. The molecule has 0 radical (unpaired) electrons. The van der Waals surface area contributed by atoms with Crippen molar-refractivity contribution in [3.63, 3.8) is 0 Å². The first-order chi connectivity index (χ1) is 16.1. The van der Waals surface area contributed by atoms with Crippen LogP contribution in [0.2, 0.25) is 0 Å². The smallest absolute Gasteiger partial charge is 0.251 e. The van der Waals surface area contributed by atoms with E-state index in [0.29, 0.717) is 30.9 Å². The van der Waals surface area contributed by atoms with Gasteiger partial charge in [0.2, 0.25) is 5.91 Å². The van der Waals surface area contributed by atoms with Gasteiger partial charge in [0.05, 0.1) is 0 Å². The van der Waals surface area contributed by atoms with Gasteiger partial charge in [-0.25, -0.2) is 0 Å². The number of benzene rings is 2. The molecule has 1 aliphatic heterocycles. The third kappa shape index (κ3) is 5.43. The second-order valence-corrected chi connectivity index (χ2v) is 9.06. The number of rotatable bonds is 7. The number of carbonyl (C=O) groups excluding carboxylic acids is 2. The molecule has 7 heteroatoms. The molecule has 33 heavy (non-hydrogen) atoms. The number of hydrogen-bond donors (Lipinski definition) is 1. The molecular weight excluding hydrogens is 434 g/mol. The summed E-state index contributed by atoms with van der Waals surface area (Å²) in [5, 5.41) is 5.32. The van der Waals surface area contributed by atoms with Gasteiger partial charge in [-0.1, -0.05) is 31.2 Å². The van der Waals surface area contributed by atoms with Crippen molar-refractivity contribution in [2.75, 3.05) is 24.5 Å². The molecule has 0 aliphatic carbocycles. The first kappa shape index (κ1) is 23.0. The summed E-state index contributed by atoms with van der Waals surface area (Å²) >= 11 is 1.50. The maximum absolute atomic E-state index is 13.8. The molecule has 2 atom stereocenters. The molecule has 1 N–H and O–H groups in total. The number of nitrogens with one attached hydrogen (secondary N) is 1. The Kier molecular flexibility index (Phi) is 7.42. The second kappa shape index (κ2) is 10.6. The molecule has 1 aliphatic rings. The highest BCUT2D eigenvalue weighted by atomic mass is 32.1. The first-order valence-corrected chi connectivity index (χ1v) is 12.2. The maximum Gasteiger partial charge on any atom is 0.251 e. The molecule has 2 aromatic carbocycles. The van der Waals surface area contributed by atoms with E-state index < -0.39 is 6.04 Å². The van der Waals surface area contributed by atoms with Gasteiger partial charge in [0.15, 0.2) is 0 Å². The number of amides is 2. The minimum atomic E-state index is -0.691. The minimum absolute atomic E-state index is 0.0442. The van der Waals surface area contributed by atoms with Crippen LogP contribution in [0.3, 0.4) is 0 Å². The fourth-order valence-electron chi connectivity index (χ4n) is 4.02. The predicted molar refractivity (Wildman–Crippen MR) is 132 cm³/mol. The summed E-state index contributed by atoms with van der Waals surface area (Å²) in [7, 11) is 0. The Morgan fingerprint density at radius 3 is 2.45 bits per heavy atom. The lowest BCUT2D eigenvalue weighted by Crippen LogP contribution is -2.54. The van der Waals surface area contributed by atoms with Crippen LogP contribution < -0.4 is 15.0 Å². The molecule has 1 saturated heterocycles. The normalized spacial score (nSPS) is 16.8. The molecule has 2 heterocycles. The summed E-state index contributed by atoms with van der Waals surface area (Å²) in [5.74, 6) is 1.27. The molecule has 1 aromatic heterocycles. The van der Waals surface area contributed by atoms with Gasteiger partial charge in [0.25, 0.3) is 5.91 Å². The van der Waals surface area contributed by atoms with Crippen molar-refractivity contribution in [3.8, 4) is 11.5 Å². The standard InChI is InChI=1S/C26H29N3O3S/c1-3-24(30)29(20-11-13-22(14-12-20)32-21-8-5-4-6-9-21)25(23-10-7-17-33-23)26(31)28-16-15-27-19(2)18-28/h4-14,17,19,25,27H,3,15-16,18H2,1-2H3/t19-,25?/m1/s1. The zero-order valence-electron chi connectivity index (χ0n) is 18.9. The molecule has 0 saturated carbocycles. The number of ether oxygens (including phenoxy) is 1. The average Bonchev–Trinajstić information content (AvgIpc) is 3.37. The Morgan fingerprint density at radius 2 is 1.82 bits per heavy atom. The summed E-state index contributed by atoms with van der Waals surface area (Å²) in [6.45, 7) is 5.89. The first-order valence-electron chi connectivity index (χ1n) is 11.3. The van der Waals surface area contributed by atoms with Gasteiger partial charge in [-0.2, -0.15) is 0 Å². The van der Waals surface area contributed by atoms with E-state index in [1.807, 2.05) is 83.9 Å². The minimum Gasteiger partial charge on any atom is -0.457 e. The van der Waals surface area contributed by atoms with E-state index in [1.165, 1.54) is 11.3 Å². The zero-order valence-corrected chi connectivity index (χ0v) is 19.8.